The van der Waals surface area contributed by atoms with Crippen LogP contribution in [0.15, 0.2) is 41.8 Å². The molecule has 4 rings (SSSR count). The van der Waals surface area contributed by atoms with E-state index >= 15 is 0 Å². The van der Waals surface area contributed by atoms with Crippen LogP contribution in [0.1, 0.15) is 29.3 Å². The predicted octanol–water partition coefficient (Wildman–Crippen LogP) is 2.98. The van der Waals surface area contributed by atoms with Crippen LogP contribution in [0.3, 0.4) is 0 Å². The number of likely N-dealkylation sites (tertiary alicyclic amines) is 1. The summed E-state index contributed by atoms with van der Waals surface area (Å²) in [5, 5.41) is 5.06. The van der Waals surface area contributed by atoms with Gasteiger partial charge in [0.2, 0.25) is 11.8 Å². The predicted molar refractivity (Wildman–Crippen MR) is 121 cm³/mol. The Kier molecular flexibility index (Phi) is 6.82. The number of aryl methyl sites for hydroxylation is 1. The van der Waals surface area contributed by atoms with Gasteiger partial charge >= 0.3 is 0 Å². The van der Waals surface area contributed by atoms with Gasteiger partial charge in [-0.25, -0.2) is 0 Å². The lowest BCUT2D eigenvalue weighted by atomic mass is 10.2. The molecule has 160 valence electrons. The minimum Gasteiger partial charge on any atom is -0.339 e. The van der Waals surface area contributed by atoms with Crippen LogP contribution in [-0.4, -0.2) is 72.3 Å². The zero-order valence-electron chi connectivity index (χ0n) is 17.5. The van der Waals surface area contributed by atoms with Crippen molar-refractivity contribution in [3.63, 3.8) is 0 Å². The molecule has 2 aliphatic heterocycles. The third-order valence-electron chi connectivity index (χ3n) is 6.00. The number of hydrogen-bond acceptors (Lipinski definition) is 5. The molecule has 0 radical (unpaired) electrons. The lowest BCUT2D eigenvalue weighted by Gasteiger charge is -2.35. The highest BCUT2D eigenvalue weighted by Gasteiger charge is 2.30. The van der Waals surface area contributed by atoms with Gasteiger partial charge in [-0.15, -0.1) is 11.3 Å². The van der Waals surface area contributed by atoms with Crippen molar-refractivity contribution in [1.29, 1.82) is 0 Å². The number of carbonyl (C=O) groups is 2. The Balaban J connectivity index is 1.21. The van der Waals surface area contributed by atoms with E-state index in [-0.39, 0.29) is 11.8 Å². The van der Waals surface area contributed by atoms with Crippen molar-refractivity contribution in [3.8, 4) is 0 Å². The quantitative estimate of drug-likeness (QED) is 0.772. The van der Waals surface area contributed by atoms with E-state index in [1.54, 1.807) is 11.3 Å². The Labute approximate surface area is 182 Å². The van der Waals surface area contributed by atoms with E-state index in [0.717, 1.165) is 38.2 Å². The van der Waals surface area contributed by atoms with E-state index in [2.05, 4.69) is 32.6 Å². The molecular weight excluding hydrogens is 396 g/mol. The van der Waals surface area contributed by atoms with E-state index in [1.807, 2.05) is 36.1 Å². The van der Waals surface area contributed by atoms with E-state index in [0.29, 0.717) is 32.2 Å². The Morgan fingerprint density at radius 2 is 1.80 bits per heavy atom. The molecule has 1 atom stereocenters. The number of amides is 2. The average molecular weight is 427 g/mol. The van der Waals surface area contributed by atoms with Crippen LogP contribution >= 0.6 is 11.3 Å². The highest BCUT2D eigenvalue weighted by molar-refractivity contribution is 7.10. The SMILES string of the molecule is Cc1ccc(NC(=O)CN2CCN(C(=O)CN3CCCC3c3cccs3)CC2)cc1. The number of rotatable bonds is 6. The molecule has 0 bridgehead atoms. The number of anilines is 1. The van der Waals surface area contributed by atoms with Gasteiger partial charge in [0, 0.05) is 42.8 Å². The van der Waals surface area contributed by atoms with Crippen molar-refractivity contribution in [2.75, 3.05) is 51.1 Å². The maximum Gasteiger partial charge on any atom is 0.238 e. The number of carbonyl (C=O) groups excluding carboxylic acids is 2. The van der Waals surface area contributed by atoms with Gasteiger partial charge in [0.05, 0.1) is 13.1 Å². The molecule has 30 heavy (non-hydrogen) atoms. The second-order valence-electron chi connectivity index (χ2n) is 8.22. The fourth-order valence-corrected chi connectivity index (χ4v) is 5.18. The van der Waals surface area contributed by atoms with E-state index in [4.69, 9.17) is 0 Å². The third kappa shape index (κ3) is 5.28. The first kappa shape index (κ1) is 21.0. The average Bonchev–Trinajstić information content (AvgIpc) is 3.42. The van der Waals surface area contributed by atoms with Crippen molar-refractivity contribution >= 4 is 28.8 Å². The highest BCUT2D eigenvalue weighted by Crippen LogP contribution is 2.34. The lowest BCUT2D eigenvalue weighted by molar-refractivity contribution is -0.134. The van der Waals surface area contributed by atoms with Crippen LogP contribution in [0.5, 0.6) is 0 Å². The van der Waals surface area contributed by atoms with Gasteiger partial charge in [0.1, 0.15) is 0 Å². The first-order valence-electron chi connectivity index (χ1n) is 10.7. The number of thiophene rings is 1. The monoisotopic (exact) mass is 426 g/mol. The third-order valence-corrected chi connectivity index (χ3v) is 6.97. The second kappa shape index (κ2) is 9.73. The summed E-state index contributed by atoms with van der Waals surface area (Å²) in [6, 6.07) is 12.5. The normalized spacial score (nSPS) is 20.4. The van der Waals surface area contributed by atoms with Crippen LogP contribution < -0.4 is 5.32 Å². The summed E-state index contributed by atoms with van der Waals surface area (Å²) in [5.74, 6) is 0.205. The molecule has 2 saturated heterocycles. The van der Waals surface area contributed by atoms with Gasteiger partial charge in [-0.2, -0.15) is 0 Å². The summed E-state index contributed by atoms with van der Waals surface area (Å²) in [6.45, 7) is 6.73. The fraction of sp³-hybridized carbons (Fsp3) is 0.478. The van der Waals surface area contributed by atoms with Crippen LogP contribution in [0.4, 0.5) is 5.69 Å². The van der Waals surface area contributed by atoms with Gasteiger partial charge in [-0.3, -0.25) is 19.4 Å². The molecular formula is C23H30N4O2S. The zero-order valence-corrected chi connectivity index (χ0v) is 18.4. The molecule has 7 heteroatoms. The number of nitrogens with one attached hydrogen (secondary N) is 1. The molecule has 0 aliphatic carbocycles. The Bertz CT molecular complexity index is 845. The van der Waals surface area contributed by atoms with Crippen LogP contribution in [0.2, 0.25) is 0 Å². The van der Waals surface area contributed by atoms with Crippen LogP contribution in [0, 0.1) is 6.92 Å². The summed E-state index contributed by atoms with van der Waals surface area (Å²) in [7, 11) is 0. The molecule has 2 aromatic rings. The summed E-state index contributed by atoms with van der Waals surface area (Å²) in [4.78, 5) is 33.0. The van der Waals surface area contributed by atoms with E-state index in [1.165, 1.54) is 10.4 Å². The van der Waals surface area contributed by atoms with Crippen LogP contribution in [-0.2, 0) is 9.59 Å². The number of piperazine rings is 1. The molecule has 2 amide bonds. The Morgan fingerprint density at radius 1 is 1.03 bits per heavy atom. The number of benzene rings is 1. The highest BCUT2D eigenvalue weighted by atomic mass is 32.1. The van der Waals surface area contributed by atoms with Gasteiger partial charge < -0.3 is 10.2 Å². The largest absolute Gasteiger partial charge is 0.339 e. The fourth-order valence-electron chi connectivity index (χ4n) is 4.29. The standard InChI is InChI=1S/C23H30N4O2S/c1-18-6-8-19(9-7-18)24-22(28)16-25-11-13-26(14-12-25)23(29)17-27-10-2-4-20(27)21-5-3-15-30-21/h3,5-9,15,20H,2,4,10-14,16-17H2,1H3,(H,24,28). The molecule has 6 nitrogen and oxygen atoms in total. The molecule has 1 aromatic carbocycles. The van der Waals surface area contributed by atoms with Gasteiger partial charge in [-0.1, -0.05) is 23.8 Å². The molecule has 3 heterocycles. The smallest absolute Gasteiger partial charge is 0.238 e. The molecule has 2 aliphatic rings. The van der Waals surface area contributed by atoms with Crippen molar-refractivity contribution in [2.45, 2.75) is 25.8 Å². The maximum absolute atomic E-state index is 12.9. The summed E-state index contributed by atoms with van der Waals surface area (Å²) in [5.41, 5.74) is 2.00. The topological polar surface area (TPSA) is 55.9 Å². The van der Waals surface area contributed by atoms with Crippen LogP contribution in [0.25, 0.3) is 0 Å². The minimum absolute atomic E-state index is 0.00511. The molecule has 1 aromatic heterocycles. The van der Waals surface area contributed by atoms with Crippen molar-refractivity contribution in [3.05, 3.63) is 52.2 Å². The summed E-state index contributed by atoms with van der Waals surface area (Å²) in [6.07, 6.45) is 2.29. The lowest BCUT2D eigenvalue weighted by Crippen LogP contribution is -2.52. The summed E-state index contributed by atoms with van der Waals surface area (Å²) >= 11 is 1.78. The maximum atomic E-state index is 12.9. The molecule has 1 unspecified atom stereocenters. The van der Waals surface area contributed by atoms with Gasteiger partial charge in [-0.05, 0) is 49.9 Å². The molecule has 0 spiro atoms. The van der Waals surface area contributed by atoms with Crippen molar-refractivity contribution in [1.82, 2.24) is 14.7 Å². The van der Waals surface area contributed by atoms with Gasteiger partial charge in [0.15, 0.2) is 0 Å². The number of nitrogens with zero attached hydrogens (tertiary/aromatic N) is 3. The van der Waals surface area contributed by atoms with Crippen molar-refractivity contribution < 1.29 is 9.59 Å². The summed E-state index contributed by atoms with van der Waals surface area (Å²) < 4.78 is 0. The first-order chi connectivity index (χ1) is 14.6. The second-order valence-corrected chi connectivity index (χ2v) is 9.19. The van der Waals surface area contributed by atoms with E-state index in [9.17, 15) is 9.59 Å². The molecule has 0 saturated carbocycles. The van der Waals surface area contributed by atoms with Crippen molar-refractivity contribution in [2.24, 2.45) is 0 Å². The minimum atomic E-state index is -0.00511. The van der Waals surface area contributed by atoms with Gasteiger partial charge in [0.25, 0.3) is 0 Å². The molecule has 2 fully saturated rings. The zero-order chi connectivity index (χ0) is 20.9. The number of hydrogen-bond donors (Lipinski definition) is 1. The Morgan fingerprint density at radius 3 is 2.50 bits per heavy atom. The Hall–Kier alpha value is -2.22. The first-order valence-corrected chi connectivity index (χ1v) is 11.6. The van der Waals surface area contributed by atoms with E-state index < -0.39 is 0 Å². The molecule has 1 N–H and O–H groups in total.